The molecule has 0 aromatic heterocycles. The summed E-state index contributed by atoms with van der Waals surface area (Å²) in [7, 11) is 0. The predicted octanol–water partition coefficient (Wildman–Crippen LogP) is 3.79. The molecule has 2 aromatic rings. The minimum Gasteiger partial charge on any atom is -0.481 e. The number of carboxylic acids is 1. The van der Waals surface area contributed by atoms with E-state index in [0.717, 1.165) is 16.7 Å². The van der Waals surface area contributed by atoms with Crippen molar-refractivity contribution >= 4 is 5.97 Å². The zero-order valence-electron chi connectivity index (χ0n) is 12.0. The molecule has 104 valence electrons. The van der Waals surface area contributed by atoms with Gasteiger partial charge in [-0.2, -0.15) is 0 Å². The van der Waals surface area contributed by atoms with E-state index in [2.05, 4.69) is 6.07 Å². The Labute approximate surface area is 120 Å². The van der Waals surface area contributed by atoms with Crippen molar-refractivity contribution in [2.75, 3.05) is 0 Å². The summed E-state index contributed by atoms with van der Waals surface area (Å²) in [5.41, 5.74) is 4.53. The molecule has 0 saturated carbocycles. The second-order valence-corrected chi connectivity index (χ2v) is 5.36. The third-order valence-corrected chi connectivity index (χ3v) is 3.64. The standard InChI is InChI=1S/C18H20O2/c1-13-6-5-8-15(10-13)11-17(18(19)20)12-16-9-4-3-7-14(16)2/h3-10,17H,11-12H2,1-2H3,(H,19,20). The van der Waals surface area contributed by atoms with E-state index < -0.39 is 5.97 Å². The van der Waals surface area contributed by atoms with Crippen LogP contribution in [0.1, 0.15) is 22.3 Å². The summed E-state index contributed by atoms with van der Waals surface area (Å²) >= 11 is 0. The molecule has 0 amide bonds. The van der Waals surface area contributed by atoms with Crippen molar-refractivity contribution in [3.8, 4) is 0 Å². The molecule has 0 bridgehead atoms. The summed E-state index contributed by atoms with van der Waals surface area (Å²) in [5, 5.41) is 9.46. The first-order chi connectivity index (χ1) is 9.56. The molecule has 20 heavy (non-hydrogen) atoms. The number of carbonyl (C=O) groups is 1. The van der Waals surface area contributed by atoms with Gasteiger partial charge in [0.05, 0.1) is 5.92 Å². The molecule has 1 atom stereocenters. The van der Waals surface area contributed by atoms with Gasteiger partial charge in [-0.05, 0) is 43.4 Å². The summed E-state index contributed by atoms with van der Waals surface area (Å²) in [6.45, 7) is 4.06. The molecule has 0 aliphatic heterocycles. The van der Waals surface area contributed by atoms with Crippen LogP contribution in [0.2, 0.25) is 0 Å². The van der Waals surface area contributed by atoms with Crippen LogP contribution in [0.25, 0.3) is 0 Å². The highest BCUT2D eigenvalue weighted by Crippen LogP contribution is 2.18. The van der Waals surface area contributed by atoms with Gasteiger partial charge in [-0.15, -0.1) is 0 Å². The average molecular weight is 268 g/mol. The first kappa shape index (κ1) is 14.3. The fourth-order valence-corrected chi connectivity index (χ4v) is 2.47. The van der Waals surface area contributed by atoms with Crippen LogP contribution in [0.5, 0.6) is 0 Å². The van der Waals surface area contributed by atoms with Crippen molar-refractivity contribution in [1.29, 1.82) is 0 Å². The molecule has 2 nitrogen and oxygen atoms in total. The van der Waals surface area contributed by atoms with Gasteiger partial charge in [0.1, 0.15) is 0 Å². The second kappa shape index (κ2) is 6.38. The van der Waals surface area contributed by atoms with Gasteiger partial charge in [0.2, 0.25) is 0 Å². The summed E-state index contributed by atoms with van der Waals surface area (Å²) in [6.07, 6.45) is 1.15. The van der Waals surface area contributed by atoms with E-state index in [9.17, 15) is 9.90 Å². The number of carboxylic acid groups (broad SMARTS) is 1. The Morgan fingerprint density at radius 1 is 1.05 bits per heavy atom. The van der Waals surface area contributed by atoms with Gasteiger partial charge in [-0.3, -0.25) is 4.79 Å². The molecule has 0 aliphatic carbocycles. The van der Waals surface area contributed by atoms with Crippen LogP contribution in [-0.4, -0.2) is 11.1 Å². The Morgan fingerprint density at radius 3 is 2.45 bits per heavy atom. The molecule has 0 fully saturated rings. The molecule has 2 rings (SSSR count). The molecule has 0 aliphatic rings. The first-order valence-corrected chi connectivity index (χ1v) is 6.89. The van der Waals surface area contributed by atoms with E-state index >= 15 is 0 Å². The maximum absolute atomic E-state index is 11.5. The average Bonchev–Trinajstić information content (AvgIpc) is 2.40. The molecular weight excluding hydrogens is 248 g/mol. The monoisotopic (exact) mass is 268 g/mol. The quantitative estimate of drug-likeness (QED) is 0.895. The van der Waals surface area contributed by atoms with Gasteiger partial charge < -0.3 is 5.11 Å². The molecule has 0 radical (unpaired) electrons. The van der Waals surface area contributed by atoms with Gasteiger partial charge >= 0.3 is 5.97 Å². The zero-order valence-corrected chi connectivity index (χ0v) is 12.0. The van der Waals surface area contributed by atoms with E-state index in [0.29, 0.717) is 12.8 Å². The molecule has 0 saturated heterocycles. The second-order valence-electron chi connectivity index (χ2n) is 5.36. The van der Waals surface area contributed by atoms with Crippen LogP contribution in [0, 0.1) is 19.8 Å². The fourth-order valence-electron chi connectivity index (χ4n) is 2.47. The predicted molar refractivity (Wildman–Crippen MR) is 80.9 cm³/mol. The number of benzene rings is 2. The molecule has 2 aromatic carbocycles. The third kappa shape index (κ3) is 3.70. The minimum absolute atomic E-state index is 0.377. The lowest BCUT2D eigenvalue weighted by Crippen LogP contribution is -2.19. The number of hydrogen-bond acceptors (Lipinski definition) is 1. The molecule has 1 N–H and O–H groups in total. The molecule has 0 heterocycles. The van der Waals surface area contributed by atoms with Crippen LogP contribution in [-0.2, 0) is 17.6 Å². The summed E-state index contributed by atoms with van der Waals surface area (Å²) in [5.74, 6) is -1.10. The molecular formula is C18H20O2. The fraction of sp³-hybridized carbons (Fsp3) is 0.278. The van der Waals surface area contributed by atoms with E-state index in [4.69, 9.17) is 0 Å². The van der Waals surface area contributed by atoms with Crippen molar-refractivity contribution in [2.24, 2.45) is 5.92 Å². The van der Waals surface area contributed by atoms with Gasteiger partial charge in [0.15, 0.2) is 0 Å². The number of hydrogen-bond donors (Lipinski definition) is 1. The molecule has 0 spiro atoms. The van der Waals surface area contributed by atoms with E-state index in [1.54, 1.807) is 0 Å². The highest BCUT2D eigenvalue weighted by Gasteiger charge is 2.19. The van der Waals surface area contributed by atoms with Crippen molar-refractivity contribution in [1.82, 2.24) is 0 Å². The Balaban J connectivity index is 2.16. The van der Waals surface area contributed by atoms with Crippen LogP contribution < -0.4 is 0 Å². The van der Waals surface area contributed by atoms with Crippen molar-refractivity contribution < 1.29 is 9.90 Å². The number of rotatable bonds is 5. The summed E-state index contributed by atoms with van der Waals surface area (Å²) < 4.78 is 0. The van der Waals surface area contributed by atoms with Crippen LogP contribution >= 0.6 is 0 Å². The van der Waals surface area contributed by atoms with Gasteiger partial charge in [-0.25, -0.2) is 0 Å². The van der Waals surface area contributed by atoms with Gasteiger partial charge in [0.25, 0.3) is 0 Å². The summed E-state index contributed by atoms with van der Waals surface area (Å²) in [6, 6.07) is 16.1. The smallest absolute Gasteiger partial charge is 0.307 e. The highest BCUT2D eigenvalue weighted by molar-refractivity contribution is 5.71. The first-order valence-electron chi connectivity index (χ1n) is 6.89. The maximum atomic E-state index is 11.5. The highest BCUT2D eigenvalue weighted by atomic mass is 16.4. The minimum atomic E-state index is -0.727. The lowest BCUT2D eigenvalue weighted by atomic mass is 9.90. The lowest BCUT2D eigenvalue weighted by molar-refractivity contribution is -0.141. The van der Waals surface area contributed by atoms with Crippen molar-refractivity contribution in [3.63, 3.8) is 0 Å². The van der Waals surface area contributed by atoms with E-state index in [1.807, 2.05) is 56.3 Å². The third-order valence-electron chi connectivity index (χ3n) is 3.64. The Bertz CT molecular complexity index is 602. The van der Waals surface area contributed by atoms with Gasteiger partial charge in [0, 0.05) is 0 Å². The Morgan fingerprint density at radius 2 is 1.80 bits per heavy atom. The topological polar surface area (TPSA) is 37.3 Å². The number of aliphatic carboxylic acids is 1. The van der Waals surface area contributed by atoms with E-state index in [-0.39, 0.29) is 5.92 Å². The lowest BCUT2D eigenvalue weighted by Gasteiger charge is -2.14. The maximum Gasteiger partial charge on any atom is 0.307 e. The molecule has 2 heteroatoms. The Kier molecular flexibility index (Phi) is 4.57. The van der Waals surface area contributed by atoms with Crippen molar-refractivity contribution in [2.45, 2.75) is 26.7 Å². The van der Waals surface area contributed by atoms with Crippen LogP contribution in [0.3, 0.4) is 0 Å². The zero-order chi connectivity index (χ0) is 14.5. The number of aryl methyl sites for hydroxylation is 2. The summed E-state index contributed by atoms with van der Waals surface area (Å²) in [4.78, 5) is 11.5. The normalized spacial score (nSPS) is 12.1. The Hall–Kier alpha value is -2.09. The van der Waals surface area contributed by atoms with Crippen LogP contribution in [0.4, 0.5) is 0 Å². The van der Waals surface area contributed by atoms with Gasteiger partial charge in [-0.1, -0.05) is 54.1 Å². The van der Waals surface area contributed by atoms with Crippen molar-refractivity contribution in [3.05, 3.63) is 70.8 Å². The SMILES string of the molecule is Cc1cccc(CC(Cc2ccccc2C)C(=O)O)c1. The van der Waals surface area contributed by atoms with E-state index in [1.165, 1.54) is 5.56 Å². The van der Waals surface area contributed by atoms with Crippen LogP contribution in [0.15, 0.2) is 48.5 Å². The molecule has 1 unspecified atom stereocenters. The largest absolute Gasteiger partial charge is 0.481 e.